The number of benzene rings is 2. The minimum atomic E-state index is -4.08. The molecule has 11 nitrogen and oxygen atoms in total. The fourth-order valence-electron chi connectivity index (χ4n) is 4.20. The van der Waals surface area contributed by atoms with Gasteiger partial charge in [0.15, 0.2) is 0 Å². The lowest BCUT2D eigenvalue weighted by Gasteiger charge is -2.28. The zero-order chi connectivity index (χ0) is 29.8. The van der Waals surface area contributed by atoms with E-state index in [0.717, 1.165) is 11.0 Å². The fraction of sp³-hybridized carbons (Fsp3) is 0.414. The smallest absolute Gasteiger partial charge is 0.324 e. The van der Waals surface area contributed by atoms with Crippen molar-refractivity contribution in [1.29, 1.82) is 0 Å². The Morgan fingerprint density at radius 3 is 2.27 bits per heavy atom. The first kappa shape index (κ1) is 31.8. The van der Waals surface area contributed by atoms with E-state index in [2.05, 4.69) is 15.4 Å². The van der Waals surface area contributed by atoms with Gasteiger partial charge in [-0.2, -0.15) is 4.72 Å². The second-order valence-electron chi connectivity index (χ2n) is 10.2. The second kappa shape index (κ2) is 15.3. The van der Waals surface area contributed by atoms with Crippen LogP contribution in [0.5, 0.6) is 5.75 Å². The van der Waals surface area contributed by atoms with Crippen molar-refractivity contribution in [1.82, 2.24) is 20.3 Å². The molecule has 0 saturated carbocycles. The van der Waals surface area contributed by atoms with E-state index in [0.29, 0.717) is 38.3 Å². The largest absolute Gasteiger partial charge is 0.508 e. The molecular weight excluding hydrogens is 548 g/mol. The highest BCUT2D eigenvalue weighted by Crippen LogP contribution is 2.13. The van der Waals surface area contributed by atoms with Gasteiger partial charge in [0.25, 0.3) is 5.91 Å². The van der Waals surface area contributed by atoms with Gasteiger partial charge in [-0.1, -0.05) is 56.3 Å². The summed E-state index contributed by atoms with van der Waals surface area (Å²) >= 11 is 0. The van der Waals surface area contributed by atoms with E-state index < -0.39 is 40.0 Å². The van der Waals surface area contributed by atoms with Crippen LogP contribution in [0.3, 0.4) is 0 Å². The van der Waals surface area contributed by atoms with Crippen LogP contribution in [-0.4, -0.2) is 74.7 Å². The molecule has 2 aromatic carbocycles. The van der Waals surface area contributed by atoms with Crippen LogP contribution in [-0.2, 0) is 30.8 Å². The highest BCUT2D eigenvalue weighted by atomic mass is 32.2. The molecule has 4 N–H and O–H groups in total. The Labute approximate surface area is 241 Å². The van der Waals surface area contributed by atoms with Crippen LogP contribution >= 0.6 is 0 Å². The third kappa shape index (κ3) is 11.0. The number of aromatic hydroxyl groups is 1. The van der Waals surface area contributed by atoms with Crippen LogP contribution in [0.1, 0.15) is 37.8 Å². The lowest BCUT2D eigenvalue weighted by atomic mass is 10.0. The highest BCUT2D eigenvalue weighted by molar-refractivity contribution is 7.92. The van der Waals surface area contributed by atoms with Gasteiger partial charge in [-0.3, -0.25) is 14.9 Å². The molecule has 1 unspecified atom stereocenters. The van der Waals surface area contributed by atoms with Crippen molar-refractivity contribution in [2.45, 2.75) is 45.2 Å². The van der Waals surface area contributed by atoms with Crippen molar-refractivity contribution in [3.05, 3.63) is 71.1 Å². The normalized spacial score (nSPS) is 15.4. The third-order valence-corrected chi connectivity index (χ3v) is 7.50. The average Bonchev–Trinajstić information content (AvgIpc) is 2.95. The van der Waals surface area contributed by atoms with Crippen LogP contribution in [0.4, 0.5) is 4.79 Å². The molecule has 0 bridgehead atoms. The summed E-state index contributed by atoms with van der Waals surface area (Å²) in [6, 6.07) is 12.5. The van der Waals surface area contributed by atoms with Crippen LogP contribution < -0.4 is 15.4 Å². The molecule has 1 heterocycles. The van der Waals surface area contributed by atoms with Crippen LogP contribution in [0, 0.1) is 5.92 Å². The van der Waals surface area contributed by atoms with Crippen molar-refractivity contribution in [3.63, 3.8) is 0 Å². The minimum absolute atomic E-state index is 0.00255. The van der Waals surface area contributed by atoms with Gasteiger partial charge in [-0.15, -0.1) is 0 Å². The summed E-state index contributed by atoms with van der Waals surface area (Å²) in [6.07, 6.45) is 2.12. The molecule has 12 heteroatoms. The number of urea groups is 1. The predicted octanol–water partition coefficient (Wildman–Crippen LogP) is 2.38. The van der Waals surface area contributed by atoms with Gasteiger partial charge in [0.1, 0.15) is 17.8 Å². The number of phenols is 1. The summed E-state index contributed by atoms with van der Waals surface area (Å²) in [7, 11) is -4.08. The van der Waals surface area contributed by atoms with Gasteiger partial charge in [-0.25, -0.2) is 13.2 Å². The average molecular weight is 587 g/mol. The number of aryl methyl sites for hydroxylation is 1. The number of imide groups is 1. The minimum Gasteiger partial charge on any atom is -0.508 e. The molecule has 0 spiro atoms. The standard InChI is InChI=1S/C29H38N4O7S/c1-21(2)20-26(28(36)31-29(37)33-15-17-40-18-16-33)30-27(35)25(13-10-22-6-4-3-5-7-22)32-41(38,39)19-14-23-8-11-24(34)12-9-23/h3-9,11-12,14,19,21,25-26,32,34H,10,13,15-18,20H2,1-2H3,(H,30,35)(H,31,36,37)/b19-14+/t25?,26-/m0/s1. The number of carbonyl (C=O) groups is 3. The number of nitrogens with one attached hydrogen (secondary N) is 3. The van der Waals surface area contributed by atoms with Crippen LogP contribution in [0.2, 0.25) is 0 Å². The summed E-state index contributed by atoms with van der Waals surface area (Å²) in [5.41, 5.74) is 1.45. The third-order valence-electron chi connectivity index (χ3n) is 6.39. The summed E-state index contributed by atoms with van der Waals surface area (Å²) in [5.74, 6) is -1.30. The maximum atomic E-state index is 13.5. The first-order valence-corrected chi connectivity index (χ1v) is 15.1. The Balaban J connectivity index is 1.75. The van der Waals surface area contributed by atoms with Crippen molar-refractivity contribution in [3.8, 4) is 5.75 Å². The van der Waals surface area contributed by atoms with Crippen molar-refractivity contribution in [2.75, 3.05) is 26.3 Å². The molecule has 0 aliphatic carbocycles. The van der Waals surface area contributed by atoms with Gasteiger partial charge in [0, 0.05) is 18.5 Å². The molecular formula is C29H38N4O7S. The molecule has 222 valence electrons. The van der Waals surface area contributed by atoms with E-state index in [1.165, 1.54) is 23.1 Å². The highest BCUT2D eigenvalue weighted by Gasteiger charge is 2.30. The van der Waals surface area contributed by atoms with E-state index in [4.69, 9.17) is 4.74 Å². The van der Waals surface area contributed by atoms with E-state index in [1.54, 1.807) is 12.1 Å². The number of hydrogen-bond donors (Lipinski definition) is 4. The lowest BCUT2D eigenvalue weighted by molar-refractivity contribution is -0.129. The number of nitrogens with zero attached hydrogens (tertiary/aromatic N) is 1. The Morgan fingerprint density at radius 2 is 1.63 bits per heavy atom. The number of phenolic OH excluding ortho intramolecular Hbond substituents is 1. The van der Waals surface area contributed by atoms with Crippen molar-refractivity contribution >= 4 is 33.9 Å². The first-order chi connectivity index (χ1) is 19.5. The number of carbonyl (C=O) groups excluding carboxylic acids is 3. The number of amides is 4. The number of rotatable bonds is 12. The molecule has 0 radical (unpaired) electrons. The Morgan fingerprint density at radius 1 is 0.976 bits per heavy atom. The maximum Gasteiger partial charge on any atom is 0.324 e. The zero-order valence-electron chi connectivity index (χ0n) is 23.3. The SMILES string of the molecule is CC(C)C[C@H](NC(=O)C(CCc1ccccc1)NS(=O)(=O)/C=C/c1ccc(O)cc1)C(=O)NC(=O)N1CCOCC1. The second-order valence-corrected chi connectivity index (χ2v) is 11.8. The zero-order valence-corrected chi connectivity index (χ0v) is 24.1. The van der Waals surface area contributed by atoms with Crippen molar-refractivity contribution in [2.24, 2.45) is 5.92 Å². The fourth-order valence-corrected chi connectivity index (χ4v) is 5.24. The monoisotopic (exact) mass is 586 g/mol. The molecule has 1 fully saturated rings. The van der Waals surface area contributed by atoms with E-state index in [-0.39, 0.29) is 24.5 Å². The van der Waals surface area contributed by atoms with Gasteiger partial charge < -0.3 is 20.1 Å². The number of ether oxygens (including phenoxy) is 1. The first-order valence-electron chi connectivity index (χ1n) is 13.5. The molecule has 1 saturated heterocycles. The molecule has 1 aliphatic rings. The van der Waals surface area contributed by atoms with Gasteiger partial charge >= 0.3 is 6.03 Å². The summed E-state index contributed by atoms with van der Waals surface area (Å²) in [5, 5.41) is 15.4. The van der Waals surface area contributed by atoms with Gasteiger partial charge in [0.2, 0.25) is 15.9 Å². The van der Waals surface area contributed by atoms with Crippen LogP contribution in [0.25, 0.3) is 6.08 Å². The lowest BCUT2D eigenvalue weighted by Crippen LogP contribution is -2.56. The molecule has 0 aromatic heterocycles. The Hall–Kier alpha value is -3.74. The molecule has 2 atom stereocenters. The Kier molecular flexibility index (Phi) is 11.9. The summed E-state index contributed by atoms with van der Waals surface area (Å²) in [4.78, 5) is 40.6. The molecule has 3 rings (SSSR count). The topological polar surface area (TPSA) is 154 Å². The number of hydrogen-bond acceptors (Lipinski definition) is 7. The number of morpholine rings is 1. The number of sulfonamides is 1. The molecule has 41 heavy (non-hydrogen) atoms. The van der Waals surface area contributed by atoms with E-state index in [9.17, 15) is 27.9 Å². The summed E-state index contributed by atoms with van der Waals surface area (Å²) < 4.78 is 33.6. The predicted molar refractivity (Wildman–Crippen MR) is 155 cm³/mol. The van der Waals surface area contributed by atoms with Gasteiger partial charge in [0.05, 0.1) is 13.2 Å². The van der Waals surface area contributed by atoms with Crippen molar-refractivity contribution < 1.29 is 32.6 Å². The Bertz CT molecular complexity index is 1290. The molecule has 2 aromatic rings. The van der Waals surface area contributed by atoms with E-state index >= 15 is 0 Å². The van der Waals surface area contributed by atoms with Gasteiger partial charge in [-0.05, 0) is 54.5 Å². The molecule has 4 amide bonds. The van der Waals surface area contributed by atoms with Crippen LogP contribution in [0.15, 0.2) is 60.0 Å². The quantitative estimate of drug-likeness (QED) is 0.298. The summed E-state index contributed by atoms with van der Waals surface area (Å²) in [6.45, 7) is 5.19. The molecule has 1 aliphatic heterocycles. The maximum absolute atomic E-state index is 13.5. The van der Waals surface area contributed by atoms with E-state index in [1.807, 2.05) is 44.2 Å².